The van der Waals surface area contributed by atoms with E-state index in [0.717, 1.165) is 6.61 Å². The summed E-state index contributed by atoms with van der Waals surface area (Å²) in [5.41, 5.74) is 0. The van der Waals surface area contributed by atoms with Crippen molar-refractivity contribution in [1.29, 1.82) is 0 Å². The van der Waals surface area contributed by atoms with Gasteiger partial charge >= 0.3 is 0 Å². The van der Waals surface area contributed by atoms with Gasteiger partial charge < -0.3 is 4.74 Å². The fraction of sp³-hybridized carbons (Fsp3) is 1.00. The monoisotopic (exact) mass is 330 g/mol. The molecule has 1 aliphatic carbocycles. The summed E-state index contributed by atoms with van der Waals surface area (Å²) in [5.74, 6) is 1.22. The minimum atomic E-state index is -2.81. The molecule has 2 aliphatic rings. The third kappa shape index (κ3) is 2.61. The molecule has 2 rings (SSSR count). The van der Waals surface area contributed by atoms with E-state index in [1.54, 1.807) is 0 Å². The third-order valence-corrected chi connectivity index (χ3v) is 6.55. The minimum Gasteiger partial charge on any atom is -0.376 e. The van der Waals surface area contributed by atoms with Gasteiger partial charge in [-0.3, -0.25) is 0 Å². The van der Waals surface area contributed by atoms with Gasteiger partial charge in [0.15, 0.2) is 9.84 Å². The lowest BCUT2D eigenvalue weighted by molar-refractivity contribution is 0.0286. The molecule has 0 amide bonds. The summed E-state index contributed by atoms with van der Waals surface area (Å²) in [6.07, 6.45) is 3.77. The van der Waals surface area contributed by atoms with E-state index in [-0.39, 0.29) is 15.8 Å². The van der Waals surface area contributed by atoms with Gasteiger partial charge in [0.05, 0.1) is 21.5 Å². The fourth-order valence-corrected chi connectivity index (χ4v) is 5.96. The van der Waals surface area contributed by atoms with Gasteiger partial charge in [0, 0.05) is 6.61 Å². The molecule has 1 aliphatic heterocycles. The number of rotatable bonds is 3. The Balaban J connectivity index is 1.80. The molecule has 0 aromatic heterocycles. The van der Waals surface area contributed by atoms with Gasteiger partial charge in [-0.05, 0) is 18.8 Å². The highest BCUT2D eigenvalue weighted by atomic mass is 127. The average Bonchev–Trinajstić information content (AvgIpc) is 2.21. The zero-order valence-electron chi connectivity index (χ0n) is 7.99. The maximum absolute atomic E-state index is 11.3. The van der Waals surface area contributed by atoms with Crippen LogP contribution in [0.5, 0.6) is 0 Å². The first-order valence-electron chi connectivity index (χ1n) is 5.03. The van der Waals surface area contributed by atoms with Crippen LogP contribution in [0.15, 0.2) is 0 Å². The molecule has 2 unspecified atom stereocenters. The van der Waals surface area contributed by atoms with Crippen LogP contribution in [0.4, 0.5) is 0 Å². The van der Waals surface area contributed by atoms with Crippen LogP contribution >= 0.6 is 22.6 Å². The average molecular weight is 330 g/mol. The summed E-state index contributed by atoms with van der Waals surface area (Å²) in [5, 5.41) is 0. The Morgan fingerprint density at radius 2 is 2.00 bits per heavy atom. The van der Waals surface area contributed by atoms with Gasteiger partial charge in [-0.2, -0.15) is 0 Å². The van der Waals surface area contributed by atoms with Crippen LogP contribution in [0.2, 0.25) is 0 Å². The predicted molar refractivity (Wildman–Crippen MR) is 63.5 cm³/mol. The van der Waals surface area contributed by atoms with Crippen LogP contribution < -0.4 is 0 Å². The van der Waals surface area contributed by atoms with Gasteiger partial charge in [0.2, 0.25) is 0 Å². The molecule has 3 nitrogen and oxygen atoms in total. The zero-order valence-corrected chi connectivity index (χ0v) is 11.0. The highest BCUT2D eigenvalue weighted by molar-refractivity contribution is 14.1. The summed E-state index contributed by atoms with van der Waals surface area (Å²) in [4.78, 5) is 0. The Morgan fingerprint density at radius 3 is 2.43 bits per heavy atom. The predicted octanol–water partition coefficient (Wildman–Crippen LogP) is 1.40. The lowest BCUT2D eigenvalue weighted by Crippen LogP contribution is -2.27. The smallest absolute Gasteiger partial charge is 0.154 e. The number of ether oxygens (including phenoxy) is 1. The minimum absolute atomic E-state index is 0.0544. The second-order valence-electron chi connectivity index (χ2n) is 4.26. The molecule has 0 radical (unpaired) electrons. The molecule has 1 heterocycles. The maximum Gasteiger partial charge on any atom is 0.154 e. The molecule has 0 spiro atoms. The van der Waals surface area contributed by atoms with Crippen molar-refractivity contribution in [3.8, 4) is 0 Å². The molecular formula is C9H15IO3S. The maximum atomic E-state index is 11.3. The van der Waals surface area contributed by atoms with Crippen molar-refractivity contribution in [3.63, 3.8) is 0 Å². The van der Waals surface area contributed by atoms with E-state index in [1.807, 2.05) is 0 Å². The number of halogens is 1. The second-order valence-corrected chi connectivity index (χ2v) is 8.02. The molecule has 1 saturated heterocycles. The van der Waals surface area contributed by atoms with Crippen molar-refractivity contribution in [2.24, 2.45) is 5.92 Å². The standard InChI is InChI=1S/C9H15IO3S/c10-8-5-14(11,12)6-9(8)13-4-7-2-1-3-7/h7-9H,1-6H2. The largest absolute Gasteiger partial charge is 0.376 e. The topological polar surface area (TPSA) is 43.4 Å². The normalized spacial score (nSPS) is 36.9. The lowest BCUT2D eigenvalue weighted by atomic mass is 9.86. The molecule has 2 fully saturated rings. The third-order valence-electron chi connectivity index (χ3n) is 3.01. The van der Waals surface area contributed by atoms with E-state index in [4.69, 9.17) is 4.74 Å². The van der Waals surface area contributed by atoms with Crippen LogP contribution in [0.25, 0.3) is 0 Å². The van der Waals surface area contributed by atoms with Gasteiger partial charge in [0.1, 0.15) is 0 Å². The van der Waals surface area contributed by atoms with E-state index in [9.17, 15) is 8.42 Å². The number of sulfone groups is 1. The fourth-order valence-electron chi connectivity index (χ4n) is 1.84. The van der Waals surface area contributed by atoms with Gasteiger partial charge in [-0.25, -0.2) is 8.42 Å². The molecule has 2 atom stereocenters. The molecule has 1 saturated carbocycles. The van der Waals surface area contributed by atoms with Crippen molar-refractivity contribution in [1.82, 2.24) is 0 Å². The highest BCUT2D eigenvalue weighted by Gasteiger charge is 2.37. The number of hydrogen-bond donors (Lipinski definition) is 0. The van der Waals surface area contributed by atoms with E-state index in [0.29, 0.717) is 11.7 Å². The summed E-state index contributed by atoms with van der Waals surface area (Å²) in [7, 11) is -2.81. The first-order valence-corrected chi connectivity index (χ1v) is 8.09. The van der Waals surface area contributed by atoms with Gasteiger partial charge in [0.25, 0.3) is 0 Å². The highest BCUT2D eigenvalue weighted by Crippen LogP contribution is 2.29. The Bertz CT molecular complexity index is 297. The Kier molecular flexibility index (Phi) is 3.38. The molecule has 82 valence electrons. The summed E-state index contributed by atoms with van der Waals surface area (Å²) in [6, 6.07) is 0. The Labute approximate surface area is 98.6 Å². The molecule has 0 N–H and O–H groups in total. The summed E-state index contributed by atoms with van der Waals surface area (Å²) in [6.45, 7) is 0.764. The van der Waals surface area contributed by atoms with Crippen molar-refractivity contribution in [3.05, 3.63) is 0 Å². The molecule has 5 heteroatoms. The zero-order chi connectivity index (χ0) is 10.2. The number of alkyl halides is 1. The van der Waals surface area contributed by atoms with Crippen LogP contribution in [0, 0.1) is 5.92 Å². The van der Waals surface area contributed by atoms with E-state index >= 15 is 0 Å². The molecule has 0 aromatic carbocycles. The molecule has 14 heavy (non-hydrogen) atoms. The molecular weight excluding hydrogens is 315 g/mol. The van der Waals surface area contributed by atoms with Crippen molar-refractivity contribution in [2.45, 2.75) is 29.3 Å². The Hall–Kier alpha value is 0.640. The first kappa shape index (κ1) is 11.1. The van der Waals surface area contributed by atoms with Gasteiger partial charge in [-0.15, -0.1) is 0 Å². The van der Waals surface area contributed by atoms with Crippen molar-refractivity contribution in [2.75, 3.05) is 18.1 Å². The molecule has 0 aromatic rings. The van der Waals surface area contributed by atoms with Crippen LogP contribution in [-0.4, -0.2) is 36.6 Å². The summed E-state index contributed by atoms with van der Waals surface area (Å²) < 4.78 is 28.4. The second kappa shape index (κ2) is 4.25. The van der Waals surface area contributed by atoms with Crippen LogP contribution in [0.3, 0.4) is 0 Å². The van der Waals surface area contributed by atoms with Crippen LogP contribution in [-0.2, 0) is 14.6 Å². The first-order chi connectivity index (χ1) is 6.57. The van der Waals surface area contributed by atoms with E-state index < -0.39 is 9.84 Å². The summed E-state index contributed by atoms with van der Waals surface area (Å²) >= 11 is 2.19. The van der Waals surface area contributed by atoms with E-state index in [2.05, 4.69) is 22.6 Å². The van der Waals surface area contributed by atoms with Crippen LogP contribution in [0.1, 0.15) is 19.3 Å². The Morgan fingerprint density at radius 1 is 1.29 bits per heavy atom. The number of hydrogen-bond acceptors (Lipinski definition) is 3. The van der Waals surface area contributed by atoms with Crippen molar-refractivity contribution < 1.29 is 13.2 Å². The SMILES string of the molecule is O=S1(=O)CC(I)C(OCC2CCC2)C1. The van der Waals surface area contributed by atoms with E-state index in [1.165, 1.54) is 19.3 Å². The van der Waals surface area contributed by atoms with Gasteiger partial charge in [-0.1, -0.05) is 29.0 Å². The lowest BCUT2D eigenvalue weighted by Gasteiger charge is -2.27. The molecule has 0 bridgehead atoms. The quantitative estimate of drug-likeness (QED) is 0.580. The van der Waals surface area contributed by atoms with Crippen molar-refractivity contribution >= 4 is 32.4 Å².